The highest BCUT2D eigenvalue weighted by molar-refractivity contribution is 5.78. The Morgan fingerprint density at radius 3 is 2.79 bits per heavy atom. The van der Waals surface area contributed by atoms with Crippen molar-refractivity contribution in [2.45, 2.75) is 31.6 Å². The predicted octanol–water partition coefficient (Wildman–Crippen LogP) is 2.04. The molecule has 3 rings (SSSR count). The molecule has 1 saturated heterocycles. The first-order valence-electron chi connectivity index (χ1n) is 7.29. The van der Waals surface area contributed by atoms with Crippen LogP contribution in [-0.4, -0.2) is 19.0 Å². The summed E-state index contributed by atoms with van der Waals surface area (Å²) >= 11 is 0. The molecule has 3 heteroatoms. The zero-order valence-corrected chi connectivity index (χ0v) is 11.3. The Morgan fingerprint density at radius 2 is 2.05 bits per heavy atom. The molecule has 0 bridgehead atoms. The first-order valence-corrected chi connectivity index (χ1v) is 7.29. The van der Waals surface area contributed by atoms with E-state index in [1.54, 1.807) is 0 Å². The third-order valence-electron chi connectivity index (χ3n) is 5.12. The van der Waals surface area contributed by atoms with Crippen molar-refractivity contribution in [1.29, 1.82) is 0 Å². The summed E-state index contributed by atoms with van der Waals surface area (Å²) < 4.78 is 0. The Kier molecular flexibility index (Phi) is 3.31. The number of benzene rings is 1. The maximum atomic E-state index is 11.8. The van der Waals surface area contributed by atoms with Crippen LogP contribution in [0.4, 0.5) is 0 Å². The Morgan fingerprint density at radius 1 is 1.26 bits per heavy atom. The second-order valence-corrected chi connectivity index (χ2v) is 6.03. The van der Waals surface area contributed by atoms with E-state index in [0.29, 0.717) is 5.92 Å². The van der Waals surface area contributed by atoms with Crippen LogP contribution in [0, 0.1) is 11.3 Å². The van der Waals surface area contributed by atoms with Crippen LogP contribution in [0.25, 0.3) is 0 Å². The average Bonchev–Trinajstić information content (AvgIpc) is 2.84. The molecule has 0 aromatic heterocycles. The van der Waals surface area contributed by atoms with E-state index in [9.17, 15) is 4.79 Å². The number of hydrogen-bond donors (Lipinski definition) is 2. The molecule has 3 nitrogen and oxygen atoms in total. The van der Waals surface area contributed by atoms with Crippen LogP contribution in [0.15, 0.2) is 30.3 Å². The molecule has 1 aromatic rings. The van der Waals surface area contributed by atoms with E-state index in [-0.39, 0.29) is 17.2 Å². The van der Waals surface area contributed by atoms with Crippen molar-refractivity contribution in [3.8, 4) is 0 Å². The van der Waals surface area contributed by atoms with Gasteiger partial charge in [-0.15, -0.1) is 0 Å². The van der Waals surface area contributed by atoms with E-state index >= 15 is 0 Å². The monoisotopic (exact) mass is 258 g/mol. The van der Waals surface area contributed by atoms with Gasteiger partial charge >= 0.3 is 0 Å². The highest BCUT2D eigenvalue weighted by Crippen LogP contribution is 2.53. The lowest BCUT2D eigenvalue weighted by Gasteiger charge is -2.44. The summed E-state index contributed by atoms with van der Waals surface area (Å²) in [6.45, 7) is 1.68. The Labute approximate surface area is 114 Å². The van der Waals surface area contributed by atoms with Crippen LogP contribution in [0.3, 0.4) is 0 Å². The van der Waals surface area contributed by atoms with Gasteiger partial charge < -0.3 is 11.1 Å². The fraction of sp³-hybridized carbons (Fsp3) is 0.562. The van der Waals surface area contributed by atoms with E-state index in [4.69, 9.17) is 5.73 Å². The average molecular weight is 258 g/mol. The summed E-state index contributed by atoms with van der Waals surface area (Å²) in [5, 5.41) is 3.41. The van der Waals surface area contributed by atoms with Gasteiger partial charge in [0.2, 0.25) is 5.91 Å². The van der Waals surface area contributed by atoms with Gasteiger partial charge in [-0.3, -0.25) is 4.79 Å². The molecule has 102 valence electrons. The Bertz CT molecular complexity index is 459. The number of carbonyl (C=O) groups excluding carboxylic acids is 1. The van der Waals surface area contributed by atoms with E-state index < -0.39 is 0 Å². The molecule has 1 aliphatic carbocycles. The minimum atomic E-state index is -0.132. The van der Waals surface area contributed by atoms with E-state index in [0.717, 1.165) is 19.5 Å². The normalized spacial score (nSPS) is 34.5. The molecule has 1 saturated carbocycles. The second-order valence-electron chi connectivity index (χ2n) is 6.03. The van der Waals surface area contributed by atoms with Crippen molar-refractivity contribution >= 4 is 5.91 Å². The number of rotatable bonds is 2. The third kappa shape index (κ3) is 2.06. The number of nitrogens with one attached hydrogen (secondary N) is 1. The maximum Gasteiger partial charge on any atom is 0.222 e. The van der Waals surface area contributed by atoms with Gasteiger partial charge in [-0.25, -0.2) is 0 Å². The molecule has 3 unspecified atom stereocenters. The molecule has 2 aliphatic rings. The molecule has 0 radical (unpaired) electrons. The smallest absolute Gasteiger partial charge is 0.222 e. The largest absolute Gasteiger partial charge is 0.369 e. The second kappa shape index (κ2) is 4.97. The zero-order chi connectivity index (χ0) is 13.3. The molecule has 1 aromatic carbocycles. The Hall–Kier alpha value is -1.35. The summed E-state index contributed by atoms with van der Waals surface area (Å²) in [5.41, 5.74) is 7.08. The van der Waals surface area contributed by atoms with Gasteiger partial charge in [0.15, 0.2) is 0 Å². The molecule has 1 amide bonds. The van der Waals surface area contributed by atoms with Crippen LogP contribution in [-0.2, 0) is 4.79 Å². The molecular weight excluding hydrogens is 236 g/mol. The maximum absolute atomic E-state index is 11.8. The van der Waals surface area contributed by atoms with Crippen LogP contribution in [0.2, 0.25) is 0 Å². The van der Waals surface area contributed by atoms with Gasteiger partial charge in [-0.1, -0.05) is 43.2 Å². The molecular formula is C16H22N2O. The summed E-state index contributed by atoms with van der Waals surface area (Å²) in [5.74, 6) is 0.320. The van der Waals surface area contributed by atoms with E-state index in [1.165, 1.54) is 24.8 Å². The molecule has 19 heavy (non-hydrogen) atoms. The van der Waals surface area contributed by atoms with E-state index in [2.05, 4.69) is 35.6 Å². The highest BCUT2D eigenvalue weighted by atomic mass is 16.1. The summed E-state index contributed by atoms with van der Waals surface area (Å²) in [6.07, 6.45) is 4.77. The molecule has 3 atom stereocenters. The van der Waals surface area contributed by atoms with Crippen molar-refractivity contribution in [1.82, 2.24) is 5.32 Å². The lowest BCUT2D eigenvalue weighted by Crippen LogP contribution is -2.44. The van der Waals surface area contributed by atoms with Crippen molar-refractivity contribution < 1.29 is 4.79 Å². The number of primary amides is 1. The molecule has 1 spiro atoms. The van der Waals surface area contributed by atoms with Gasteiger partial charge in [0, 0.05) is 18.5 Å². The van der Waals surface area contributed by atoms with Gasteiger partial charge in [-0.2, -0.15) is 0 Å². The number of carbonyl (C=O) groups is 1. The summed E-state index contributed by atoms with van der Waals surface area (Å²) in [6, 6.07) is 10.7. The zero-order valence-electron chi connectivity index (χ0n) is 11.3. The molecule has 1 heterocycles. The van der Waals surface area contributed by atoms with Crippen molar-refractivity contribution in [2.75, 3.05) is 13.1 Å². The summed E-state index contributed by atoms with van der Waals surface area (Å²) in [4.78, 5) is 11.8. The number of hydrogen-bond acceptors (Lipinski definition) is 2. The fourth-order valence-corrected chi connectivity index (χ4v) is 4.24. The SMILES string of the molecule is NC(=O)C1CNCC12CCCCC2c1ccccc1. The van der Waals surface area contributed by atoms with Gasteiger partial charge in [0.25, 0.3) is 0 Å². The lowest BCUT2D eigenvalue weighted by atomic mass is 9.59. The third-order valence-corrected chi connectivity index (χ3v) is 5.12. The minimum absolute atomic E-state index is 0.0157. The number of amides is 1. The number of nitrogens with two attached hydrogens (primary N) is 1. The van der Waals surface area contributed by atoms with Gasteiger partial charge in [0.1, 0.15) is 0 Å². The topological polar surface area (TPSA) is 55.1 Å². The van der Waals surface area contributed by atoms with Crippen LogP contribution in [0.5, 0.6) is 0 Å². The summed E-state index contributed by atoms with van der Waals surface area (Å²) in [7, 11) is 0. The van der Waals surface area contributed by atoms with Gasteiger partial charge in [-0.05, 0) is 24.3 Å². The molecule has 1 aliphatic heterocycles. The minimum Gasteiger partial charge on any atom is -0.369 e. The lowest BCUT2D eigenvalue weighted by molar-refractivity contribution is -0.125. The quantitative estimate of drug-likeness (QED) is 0.853. The predicted molar refractivity (Wildman–Crippen MR) is 75.6 cm³/mol. The first kappa shape index (κ1) is 12.7. The molecule has 3 N–H and O–H groups in total. The highest BCUT2D eigenvalue weighted by Gasteiger charge is 2.52. The van der Waals surface area contributed by atoms with Gasteiger partial charge in [0.05, 0.1) is 5.92 Å². The van der Waals surface area contributed by atoms with Crippen LogP contribution >= 0.6 is 0 Å². The van der Waals surface area contributed by atoms with Crippen LogP contribution in [0.1, 0.15) is 37.2 Å². The van der Waals surface area contributed by atoms with E-state index in [1.807, 2.05) is 0 Å². The molecule has 2 fully saturated rings. The van der Waals surface area contributed by atoms with Crippen molar-refractivity contribution in [3.63, 3.8) is 0 Å². The Balaban J connectivity index is 1.99. The standard InChI is InChI=1S/C16H22N2O/c17-15(19)14-10-18-11-16(14)9-5-4-8-13(16)12-6-2-1-3-7-12/h1-3,6-7,13-14,18H,4-5,8-11H2,(H2,17,19). The first-order chi connectivity index (χ1) is 9.24. The fourth-order valence-electron chi connectivity index (χ4n) is 4.24. The van der Waals surface area contributed by atoms with Crippen LogP contribution < -0.4 is 11.1 Å². The van der Waals surface area contributed by atoms with Crippen molar-refractivity contribution in [2.24, 2.45) is 17.1 Å². The van der Waals surface area contributed by atoms with Crippen molar-refractivity contribution in [3.05, 3.63) is 35.9 Å².